The van der Waals surface area contributed by atoms with Crippen LogP contribution < -0.4 is 0 Å². The van der Waals surface area contributed by atoms with Crippen molar-refractivity contribution < 1.29 is 8.42 Å². The van der Waals surface area contributed by atoms with Gasteiger partial charge in [-0.1, -0.05) is 6.07 Å². The SMILES string of the molecule is N#Cc1cccc(S(=O)(=O)CCN2CC3CCC2C3)c1. The predicted molar refractivity (Wildman–Crippen MR) is 75.9 cm³/mol. The Morgan fingerprint density at radius 3 is 2.85 bits per heavy atom. The van der Waals surface area contributed by atoms with E-state index in [0.717, 1.165) is 12.5 Å². The van der Waals surface area contributed by atoms with Crippen molar-refractivity contribution in [3.05, 3.63) is 29.8 Å². The highest BCUT2D eigenvalue weighted by Gasteiger charge is 2.37. The first-order chi connectivity index (χ1) is 9.58. The molecular formula is C15H18N2O2S. The number of nitrogens with zero attached hydrogens (tertiary/aromatic N) is 2. The van der Waals surface area contributed by atoms with Gasteiger partial charge in [-0.25, -0.2) is 8.42 Å². The number of hydrogen-bond donors (Lipinski definition) is 0. The third-order valence-electron chi connectivity index (χ3n) is 4.49. The molecule has 0 spiro atoms. The number of hydrogen-bond acceptors (Lipinski definition) is 4. The van der Waals surface area contributed by atoms with Crippen LogP contribution >= 0.6 is 0 Å². The van der Waals surface area contributed by atoms with Gasteiger partial charge in [-0.05, 0) is 43.4 Å². The average molecular weight is 290 g/mol. The van der Waals surface area contributed by atoms with Gasteiger partial charge in [0.1, 0.15) is 0 Å². The highest BCUT2D eigenvalue weighted by molar-refractivity contribution is 7.91. The van der Waals surface area contributed by atoms with Gasteiger partial charge < -0.3 is 0 Å². The van der Waals surface area contributed by atoms with Gasteiger partial charge in [-0.15, -0.1) is 0 Å². The molecule has 0 N–H and O–H groups in total. The number of rotatable bonds is 4. The van der Waals surface area contributed by atoms with E-state index < -0.39 is 9.84 Å². The number of nitriles is 1. The van der Waals surface area contributed by atoms with Gasteiger partial charge in [0.15, 0.2) is 9.84 Å². The van der Waals surface area contributed by atoms with Gasteiger partial charge >= 0.3 is 0 Å². The first-order valence-electron chi connectivity index (χ1n) is 7.05. The Hall–Kier alpha value is -1.38. The lowest BCUT2D eigenvalue weighted by molar-refractivity contribution is 0.225. The zero-order chi connectivity index (χ0) is 14.2. The lowest BCUT2D eigenvalue weighted by Crippen LogP contribution is -2.35. The molecule has 2 fully saturated rings. The van der Waals surface area contributed by atoms with Gasteiger partial charge in [0, 0.05) is 19.1 Å². The molecule has 0 aromatic heterocycles. The second-order valence-electron chi connectivity index (χ2n) is 5.79. The quantitative estimate of drug-likeness (QED) is 0.848. The van der Waals surface area contributed by atoms with Gasteiger partial charge in [0.2, 0.25) is 0 Å². The molecule has 1 saturated heterocycles. The number of benzene rings is 1. The fraction of sp³-hybridized carbons (Fsp3) is 0.533. The van der Waals surface area contributed by atoms with Gasteiger partial charge in [0.05, 0.1) is 22.3 Å². The lowest BCUT2D eigenvalue weighted by Gasteiger charge is -2.26. The van der Waals surface area contributed by atoms with Crippen LogP contribution in [0.3, 0.4) is 0 Å². The third-order valence-corrected chi connectivity index (χ3v) is 6.18. The number of sulfone groups is 1. The van der Waals surface area contributed by atoms with Crippen molar-refractivity contribution in [2.75, 3.05) is 18.8 Å². The van der Waals surface area contributed by atoms with Gasteiger partial charge in [-0.2, -0.15) is 5.26 Å². The molecule has 106 valence electrons. The first-order valence-corrected chi connectivity index (χ1v) is 8.71. The van der Waals surface area contributed by atoms with E-state index in [1.807, 2.05) is 6.07 Å². The number of fused-ring (bicyclic) bond motifs is 2. The summed E-state index contributed by atoms with van der Waals surface area (Å²) in [6.07, 6.45) is 3.76. The van der Waals surface area contributed by atoms with Crippen LogP contribution in [0.4, 0.5) is 0 Å². The number of likely N-dealkylation sites (tertiary alicyclic amines) is 1. The molecule has 2 atom stereocenters. The van der Waals surface area contributed by atoms with Crippen LogP contribution in [-0.2, 0) is 9.84 Å². The number of piperidine rings is 1. The smallest absolute Gasteiger partial charge is 0.179 e. The Balaban J connectivity index is 1.68. The molecule has 1 aromatic carbocycles. The molecule has 0 radical (unpaired) electrons. The fourth-order valence-electron chi connectivity index (χ4n) is 3.41. The first kappa shape index (κ1) is 13.6. The maximum atomic E-state index is 12.3. The van der Waals surface area contributed by atoms with E-state index in [-0.39, 0.29) is 10.6 Å². The molecule has 0 amide bonds. The average Bonchev–Trinajstić information content (AvgIpc) is 3.08. The van der Waals surface area contributed by atoms with Crippen molar-refractivity contribution in [2.45, 2.75) is 30.2 Å². The van der Waals surface area contributed by atoms with E-state index >= 15 is 0 Å². The van der Waals surface area contributed by atoms with E-state index in [2.05, 4.69) is 4.90 Å². The Morgan fingerprint density at radius 2 is 2.20 bits per heavy atom. The Bertz CT molecular complexity index is 648. The van der Waals surface area contributed by atoms with Crippen LogP contribution in [0.1, 0.15) is 24.8 Å². The molecule has 3 rings (SSSR count). The minimum atomic E-state index is -3.29. The summed E-state index contributed by atoms with van der Waals surface area (Å²) in [6, 6.07) is 8.87. The normalized spacial score (nSPS) is 25.8. The van der Waals surface area contributed by atoms with Crippen LogP contribution in [0.5, 0.6) is 0 Å². The minimum Gasteiger partial charge on any atom is -0.299 e. The molecule has 2 aliphatic rings. The van der Waals surface area contributed by atoms with Crippen LogP contribution in [0.25, 0.3) is 0 Å². The lowest BCUT2D eigenvalue weighted by atomic mass is 10.1. The van der Waals surface area contributed by atoms with Gasteiger partial charge in [0.25, 0.3) is 0 Å². The molecule has 1 aliphatic carbocycles. The van der Waals surface area contributed by atoms with Crippen molar-refractivity contribution in [2.24, 2.45) is 5.92 Å². The highest BCUT2D eigenvalue weighted by atomic mass is 32.2. The molecule has 5 heteroatoms. The highest BCUT2D eigenvalue weighted by Crippen LogP contribution is 2.37. The second kappa shape index (κ2) is 5.19. The molecule has 20 heavy (non-hydrogen) atoms. The Morgan fingerprint density at radius 1 is 1.35 bits per heavy atom. The summed E-state index contributed by atoms with van der Waals surface area (Å²) in [5, 5.41) is 8.85. The molecule has 1 aliphatic heterocycles. The van der Waals surface area contributed by atoms with Crippen molar-refractivity contribution >= 4 is 9.84 Å². The zero-order valence-corrected chi connectivity index (χ0v) is 12.1. The largest absolute Gasteiger partial charge is 0.299 e. The summed E-state index contributed by atoms with van der Waals surface area (Å²) < 4.78 is 24.7. The van der Waals surface area contributed by atoms with Crippen LogP contribution in [0.2, 0.25) is 0 Å². The predicted octanol–water partition coefficient (Wildman–Crippen LogP) is 1.82. The van der Waals surface area contributed by atoms with Crippen LogP contribution in [0, 0.1) is 17.2 Å². The standard InChI is InChI=1S/C15H18N2O2S/c16-10-12-2-1-3-15(9-12)20(18,19)7-6-17-11-13-4-5-14(17)8-13/h1-3,9,13-14H,4-8,11H2. The maximum absolute atomic E-state index is 12.3. The summed E-state index contributed by atoms with van der Waals surface area (Å²) in [5.74, 6) is 0.926. The van der Waals surface area contributed by atoms with E-state index in [4.69, 9.17) is 5.26 Å². The van der Waals surface area contributed by atoms with E-state index in [1.165, 1.54) is 25.3 Å². The van der Waals surface area contributed by atoms with E-state index in [9.17, 15) is 8.42 Å². The molecule has 2 bridgehead atoms. The second-order valence-corrected chi connectivity index (χ2v) is 7.90. The Kier molecular flexibility index (Phi) is 3.53. The van der Waals surface area contributed by atoms with Crippen LogP contribution in [0.15, 0.2) is 29.2 Å². The molecule has 2 unspecified atom stereocenters. The summed E-state index contributed by atoms with van der Waals surface area (Å²) >= 11 is 0. The summed E-state index contributed by atoms with van der Waals surface area (Å²) in [6.45, 7) is 1.67. The Labute approximate surface area is 119 Å². The zero-order valence-electron chi connectivity index (χ0n) is 11.3. The summed E-state index contributed by atoms with van der Waals surface area (Å²) in [4.78, 5) is 2.58. The van der Waals surface area contributed by atoms with E-state index in [1.54, 1.807) is 18.2 Å². The van der Waals surface area contributed by atoms with Crippen molar-refractivity contribution in [3.8, 4) is 6.07 Å². The monoisotopic (exact) mass is 290 g/mol. The molecule has 1 aromatic rings. The third kappa shape index (κ3) is 2.58. The maximum Gasteiger partial charge on any atom is 0.179 e. The van der Waals surface area contributed by atoms with E-state index in [0.29, 0.717) is 18.2 Å². The molecular weight excluding hydrogens is 272 g/mol. The summed E-state index contributed by atoms with van der Waals surface area (Å²) in [7, 11) is -3.29. The van der Waals surface area contributed by atoms with Crippen molar-refractivity contribution in [1.82, 2.24) is 4.90 Å². The van der Waals surface area contributed by atoms with Crippen molar-refractivity contribution in [3.63, 3.8) is 0 Å². The molecule has 1 saturated carbocycles. The fourth-order valence-corrected chi connectivity index (χ4v) is 4.72. The summed E-state index contributed by atoms with van der Waals surface area (Å²) in [5.41, 5.74) is 0.395. The molecule has 4 nitrogen and oxygen atoms in total. The minimum absolute atomic E-state index is 0.144. The molecule has 1 heterocycles. The van der Waals surface area contributed by atoms with Gasteiger partial charge in [-0.3, -0.25) is 4.90 Å². The topological polar surface area (TPSA) is 61.2 Å². The van der Waals surface area contributed by atoms with Crippen LogP contribution in [-0.4, -0.2) is 38.2 Å². The van der Waals surface area contributed by atoms with Crippen molar-refractivity contribution in [1.29, 1.82) is 5.26 Å².